The average molecular weight is 148 g/mol. The van der Waals surface area contributed by atoms with Gasteiger partial charge in [0.05, 0.1) is 12.7 Å². The lowest BCUT2D eigenvalue weighted by atomic mass is 10.2. The minimum atomic E-state index is -0.0495. The van der Waals surface area contributed by atoms with Gasteiger partial charge in [0.1, 0.15) is 0 Å². The topological polar surface area (TPSA) is 49.7 Å². The fraction of sp³-hybridized carbons (Fsp3) is 1.00. The lowest BCUT2D eigenvalue weighted by Gasteiger charge is -2.10. The predicted octanol–water partition coefficient (Wildman–Crippen LogP) is 0.156. The summed E-state index contributed by atoms with van der Waals surface area (Å²) in [5.41, 5.74) is 0. The summed E-state index contributed by atoms with van der Waals surface area (Å²) in [4.78, 5) is 0. The Morgan fingerprint density at radius 2 is 2.00 bits per heavy atom. The molecule has 0 amide bonds. The van der Waals surface area contributed by atoms with Gasteiger partial charge in [-0.05, 0) is 19.3 Å². The molecule has 0 heterocycles. The fourth-order valence-electron chi connectivity index (χ4n) is 0.767. The summed E-state index contributed by atoms with van der Waals surface area (Å²) in [5, 5.41) is 17.1. The average Bonchev–Trinajstić information content (AvgIpc) is 1.99. The highest BCUT2D eigenvalue weighted by molar-refractivity contribution is 4.54. The molecule has 0 unspecified atom stereocenters. The van der Waals surface area contributed by atoms with Gasteiger partial charge in [0.15, 0.2) is 0 Å². The Bertz CT molecular complexity index is 61.9. The molecule has 0 rings (SSSR count). The predicted molar refractivity (Wildman–Crippen MR) is 38.8 cm³/mol. The molecule has 1 atom stereocenters. The summed E-state index contributed by atoms with van der Waals surface area (Å²) in [7, 11) is 1.58. The van der Waals surface area contributed by atoms with Crippen molar-refractivity contribution >= 4 is 0 Å². The second-order valence-corrected chi connectivity index (χ2v) is 2.26. The van der Waals surface area contributed by atoms with Gasteiger partial charge in [-0.1, -0.05) is 0 Å². The summed E-state index contributed by atoms with van der Waals surface area (Å²) in [6.07, 6.45) is 2.48. The summed E-state index contributed by atoms with van der Waals surface area (Å²) in [5.74, 6) is 0. The first-order valence-electron chi connectivity index (χ1n) is 3.59. The van der Waals surface area contributed by atoms with Crippen molar-refractivity contribution in [2.24, 2.45) is 0 Å². The second kappa shape index (κ2) is 6.99. The third kappa shape index (κ3) is 4.73. The minimum absolute atomic E-state index is 0.0495. The van der Waals surface area contributed by atoms with Crippen LogP contribution in [0.2, 0.25) is 0 Å². The Labute approximate surface area is 61.6 Å². The zero-order chi connectivity index (χ0) is 7.82. The molecule has 2 N–H and O–H groups in total. The van der Waals surface area contributed by atoms with Crippen molar-refractivity contribution in [1.29, 1.82) is 0 Å². The molecule has 10 heavy (non-hydrogen) atoms. The minimum Gasteiger partial charge on any atom is -0.396 e. The molecule has 0 aromatic heterocycles. The van der Waals surface area contributed by atoms with Crippen LogP contribution < -0.4 is 0 Å². The van der Waals surface area contributed by atoms with Crippen LogP contribution in [0.5, 0.6) is 0 Å². The van der Waals surface area contributed by atoms with Gasteiger partial charge in [-0.2, -0.15) is 0 Å². The van der Waals surface area contributed by atoms with Gasteiger partial charge >= 0.3 is 0 Å². The quantitative estimate of drug-likeness (QED) is 0.527. The number of aliphatic hydroxyl groups excluding tert-OH is 2. The summed E-state index contributed by atoms with van der Waals surface area (Å²) in [6.45, 7) is 0.295. The van der Waals surface area contributed by atoms with Gasteiger partial charge in [-0.3, -0.25) is 0 Å². The molecule has 0 aliphatic heterocycles. The highest BCUT2D eigenvalue weighted by Gasteiger charge is 2.03. The fourth-order valence-corrected chi connectivity index (χ4v) is 0.767. The van der Waals surface area contributed by atoms with Gasteiger partial charge in [0.2, 0.25) is 0 Å². The van der Waals surface area contributed by atoms with Crippen molar-refractivity contribution in [3.8, 4) is 0 Å². The van der Waals surface area contributed by atoms with Crippen molar-refractivity contribution in [1.82, 2.24) is 0 Å². The van der Waals surface area contributed by atoms with Crippen LogP contribution in [0.25, 0.3) is 0 Å². The Kier molecular flexibility index (Phi) is 6.91. The van der Waals surface area contributed by atoms with Crippen LogP contribution in [-0.4, -0.2) is 36.6 Å². The molecule has 0 saturated carbocycles. The van der Waals surface area contributed by atoms with E-state index in [-0.39, 0.29) is 19.3 Å². The third-order valence-electron chi connectivity index (χ3n) is 1.47. The summed E-state index contributed by atoms with van der Waals surface area (Å²) in [6, 6.07) is 0. The van der Waals surface area contributed by atoms with E-state index in [1.807, 2.05) is 0 Å². The number of hydrogen-bond acceptors (Lipinski definition) is 3. The normalized spacial score (nSPS) is 13.5. The van der Waals surface area contributed by atoms with Crippen molar-refractivity contribution in [2.75, 3.05) is 20.3 Å². The molecular weight excluding hydrogens is 132 g/mol. The molecule has 0 aliphatic rings. The Balaban J connectivity index is 3.09. The molecule has 0 saturated heterocycles. The van der Waals surface area contributed by atoms with E-state index in [0.29, 0.717) is 0 Å². The second-order valence-electron chi connectivity index (χ2n) is 2.26. The van der Waals surface area contributed by atoms with Crippen molar-refractivity contribution in [3.63, 3.8) is 0 Å². The lowest BCUT2D eigenvalue weighted by molar-refractivity contribution is 0.0407. The third-order valence-corrected chi connectivity index (χ3v) is 1.47. The molecule has 0 radical (unpaired) electrons. The molecule has 0 bridgehead atoms. The lowest BCUT2D eigenvalue weighted by Crippen LogP contribution is -2.15. The van der Waals surface area contributed by atoms with Crippen LogP contribution in [0, 0.1) is 0 Å². The molecule has 0 aromatic carbocycles. The van der Waals surface area contributed by atoms with Crippen LogP contribution >= 0.6 is 0 Å². The van der Waals surface area contributed by atoms with Crippen LogP contribution in [0.1, 0.15) is 19.3 Å². The highest BCUT2D eigenvalue weighted by atomic mass is 16.5. The molecule has 0 fully saturated rings. The Morgan fingerprint density at radius 1 is 1.30 bits per heavy atom. The van der Waals surface area contributed by atoms with E-state index in [1.165, 1.54) is 0 Å². The monoisotopic (exact) mass is 148 g/mol. The molecule has 0 aromatic rings. The summed E-state index contributed by atoms with van der Waals surface area (Å²) < 4.78 is 4.91. The largest absolute Gasteiger partial charge is 0.396 e. The van der Waals surface area contributed by atoms with Crippen LogP contribution in [0.4, 0.5) is 0 Å². The van der Waals surface area contributed by atoms with Gasteiger partial charge in [0, 0.05) is 13.7 Å². The maximum Gasteiger partial charge on any atom is 0.0802 e. The first-order chi connectivity index (χ1) is 4.85. The van der Waals surface area contributed by atoms with Gasteiger partial charge in [-0.25, -0.2) is 0 Å². The Hall–Kier alpha value is -0.120. The molecule has 3 heteroatoms. The van der Waals surface area contributed by atoms with Gasteiger partial charge < -0.3 is 14.9 Å². The molecule has 62 valence electrons. The molecule has 3 nitrogen and oxygen atoms in total. The molecule has 0 aliphatic carbocycles. The van der Waals surface area contributed by atoms with E-state index in [0.717, 1.165) is 19.3 Å². The van der Waals surface area contributed by atoms with Gasteiger partial charge in [0.25, 0.3) is 0 Å². The number of rotatable bonds is 6. The maximum atomic E-state index is 8.64. The van der Waals surface area contributed by atoms with Crippen LogP contribution in [-0.2, 0) is 4.74 Å². The number of methoxy groups -OCH3 is 1. The van der Waals surface area contributed by atoms with Crippen LogP contribution in [0.3, 0.4) is 0 Å². The number of unbranched alkanes of at least 4 members (excludes halogenated alkanes) is 1. The molecular formula is C7H16O3. The standard InChI is InChI=1S/C7H16O3/c1-10-7(6-9)4-2-3-5-8/h7-9H,2-6H2,1H3/t7-/m1/s1. The van der Waals surface area contributed by atoms with E-state index in [1.54, 1.807) is 7.11 Å². The zero-order valence-electron chi connectivity index (χ0n) is 6.42. The van der Waals surface area contributed by atoms with E-state index in [2.05, 4.69) is 0 Å². The number of hydrogen-bond donors (Lipinski definition) is 2. The zero-order valence-corrected chi connectivity index (χ0v) is 6.42. The van der Waals surface area contributed by atoms with E-state index >= 15 is 0 Å². The number of ether oxygens (including phenoxy) is 1. The van der Waals surface area contributed by atoms with Gasteiger partial charge in [-0.15, -0.1) is 0 Å². The van der Waals surface area contributed by atoms with E-state index < -0.39 is 0 Å². The maximum absolute atomic E-state index is 8.64. The van der Waals surface area contributed by atoms with E-state index in [9.17, 15) is 0 Å². The van der Waals surface area contributed by atoms with Crippen molar-refractivity contribution in [3.05, 3.63) is 0 Å². The highest BCUT2D eigenvalue weighted by Crippen LogP contribution is 2.02. The SMILES string of the molecule is CO[C@@H](CO)CCCCO. The van der Waals surface area contributed by atoms with E-state index in [4.69, 9.17) is 14.9 Å². The number of aliphatic hydroxyl groups is 2. The Morgan fingerprint density at radius 3 is 2.40 bits per heavy atom. The van der Waals surface area contributed by atoms with Crippen molar-refractivity contribution in [2.45, 2.75) is 25.4 Å². The molecule has 0 spiro atoms. The smallest absolute Gasteiger partial charge is 0.0802 e. The van der Waals surface area contributed by atoms with Crippen LogP contribution in [0.15, 0.2) is 0 Å². The summed E-state index contributed by atoms with van der Waals surface area (Å²) >= 11 is 0. The first-order valence-corrected chi connectivity index (χ1v) is 3.59. The van der Waals surface area contributed by atoms with Crippen molar-refractivity contribution < 1.29 is 14.9 Å². The first kappa shape index (κ1) is 9.88.